The number of carbonyl (C=O) groups excluding carboxylic acids is 2. The minimum Gasteiger partial charge on any atom is -0.491 e. The summed E-state index contributed by atoms with van der Waals surface area (Å²) in [7, 11) is 0. The van der Waals surface area contributed by atoms with Gasteiger partial charge >= 0.3 is 6.18 Å². The number of ether oxygens (including phenoxy) is 1. The fraction of sp³-hybridized carbons (Fsp3) is 0.333. The number of halogens is 4. The summed E-state index contributed by atoms with van der Waals surface area (Å²) >= 11 is 6.02. The summed E-state index contributed by atoms with van der Waals surface area (Å²) < 4.78 is 43.0. The highest BCUT2D eigenvalue weighted by Gasteiger charge is 2.30. The zero-order chi connectivity index (χ0) is 22.6. The van der Waals surface area contributed by atoms with Gasteiger partial charge in [0.25, 0.3) is 5.91 Å². The van der Waals surface area contributed by atoms with Crippen LogP contribution in [0.25, 0.3) is 0 Å². The van der Waals surface area contributed by atoms with Crippen molar-refractivity contribution in [2.75, 3.05) is 24.6 Å². The van der Waals surface area contributed by atoms with Crippen LogP contribution < -0.4 is 15.0 Å². The number of hydrogen-bond donors (Lipinski definition) is 2. The molecule has 1 saturated heterocycles. The van der Waals surface area contributed by atoms with Gasteiger partial charge in [-0.3, -0.25) is 9.59 Å². The van der Waals surface area contributed by atoms with Gasteiger partial charge in [0.2, 0.25) is 5.91 Å². The maximum Gasteiger partial charge on any atom is 0.416 e. The Balaban J connectivity index is 1.55. The third kappa shape index (κ3) is 5.89. The summed E-state index contributed by atoms with van der Waals surface area (Å²) in [4.78, 5) is 26.2. The van der Waals surface area contributed by atoms with Gasteiger partial charge < -0.3 is 20.1 Å². The Bertz CT molecular complexity index is 951. The Hall–Kier alpha value is -2.78. The van der Waals surface area contributed by atoms with Crippen LogP contribution in [0.15, 0.2) is 42.5 Å². The number of alkyl halides is 3. The molecule has 2 aromatic rings. The maximum absolute atomic E-state index is 12.6. The lowest BCUT2D eigenvalue weighted by Gasteiger charge is -2.20. The van der Waals surface area contributed by atoms with E-state index in [9.17, 15) is 27.9 Å². The smallest absolute Gasteiger partial charge is 0.416 e. The number of nitrogens with zero attached hydrogens (tertiary/aromatic N) is 1. The van der Waals surface area contributed by atoms with Crippen LogP contribution >= 0.6 is 11.6 Å². The quantitative estimate of drug-likeness (QED) is 0.666. The van der Waals surface area contributed by atoms with E-state index in [1.54, 1.807) is 6.07 Å². The monoisotopic (exact) mass is 456 g/mol. The number of nitrogens with one attached hydrogen (secondary N) is 1. The number of aliphatic hydroxyl groups is 1. The molecule has 166 valence electrons. The van der Waals surface area contributed by atoms with Gasteiger partial charge in [0.15, 0.2) is 0 Å². The molecule has 0 radical (unpaired) electrons. The summed E-state index contributed by atoms with van der Waals surface area (Å²) in [6.45, 7) is 0.0995. The molecule has 2 aromatic carbocycles. The normalized spacial score (nSPS) is 15.1. The lowest BCUT2D eigenvalue weighted by molar-refractivity contribution is -0.137. The molecule has 2 amide bonds. The first-order valence-corrected chi connectivity index (χ1v) is 9.89. The van der Waals surface area contributed by atoms with Crippen LogP contribution in [0.3, 0.4) is 0 Å². The molecule has 0 bridgehead atoms. The highest BCUT2D eigenvalue weighted by molar-refractivity contribution is 6.31. The third-order valence-corrected chi connectivity index (χ3v) is 4.93. The van der Waals surface area contributed by atoms with Crippen LogP contribution in [0.1, 0.15) is 28.8 Å². The van der Waals surface area contributed by atoms with E-state index in [1.165, 1.54) is 17.0 Å². The number of rotatable bonds is 7. The van der Waals surface area contributed by atoms with Crippen molar-refractivity contribution in [3.8, 4) is 5.75 Å². The standard InChI is InChI=1S/C21H20ClF3N2O4/c22-14-5-8-17(18(10-14)27-9-1-2-19(27)29)20(30)26-11-15(28)12-31-16-6-3-13(4-7-16)21(23,24)25/h3-8,10,15,28H,1-2,9,11-12H2,(H,26,30). The van der Waals surface area contributed by atoms with E-state index in [0.717, 1.165) is 24.3 Å². The van der Waals surface area contributed by atoms with Gasteiger partial charge in [-0.05, 0) is 48.9 Å². The molecule has 1 unspecified atom stereocenters. The summed E-state index contributed by atoms with van der Waals surface area (Å²) in [5.41, 5.74) is -0.151. The van der Waals surface area contributed by atoms with Crippen molar-refractivity contribution in [1.82, 2.24) is 5.32 Å². The molecule has 1 aliphatic heterocycles. The van der Waals surface area contributed by atoms with Crippen LogP contribution in [-0.4, -0.2) is 42.7 Å². The van der Waals surface area contributed by atoms with E-state index in [2.05, 4.69) is 5.32 Å². The first-order chi connectivity index (χ1) is 14.6. The zero-order valence-corrected chi connectivity index (χ0v) is 17.0. The van der Waals surface area contributed by atoms with Gasteiger partial charge in [0, 0.05) is 24.5 Å². The summed E-state index contributed by atoms with van der Waals surface area (Å²) in [6.07, 6.45) is -4.46. The number of benzene rings is 2. The number of carbonyl (C=O) groups is 2. The molecule has 0 aromatic heterocycles. The Labute approximate surface area is 181 Å². The van der Waals surface area contributed by atoms with Crippen molar-refractivity contribution in [3.05, 3.63) is 58.6 Å². The van der Waals surface area contributed by atoms with E-state index < -0.39 is 23.8 Å². The second-order valence-electron chi connectivity index (χ2n) is 7.01. The highest BCUT2D eigenvalue weighted by Crippen LogP contribution is 2.30. The fourth-order valence-electron chi connectivity index (χ4n) is 3.12. The van der Waals surface area contributed by atoms with Crippen molar-refractivity contribution < 1.29 is 32.6 Å². The number of anilines is 1. The molecule has 1 heterocycles. The number of hydrogen-bond acceptors (Lipinski definition) is 4. The van der Waals surface area contributed by atoms with Crippen molar-refractivity contribution in [3.63, 3.8) is 0 Å². The maximum atomic E-state index is 12.6. The van der Waals surface area contributed by atoms with Crippen molar-refractivity contribution in [1.29, 1.82) is 0 Å². The van der Waals surface area contributed by atoms with Crippen molar-refractivity contribution in [2.45, 2.75) is 25.1 Å². The minimum atomic E-state index is -4.44. The molecule has 0 saturated carbocycles. The lowest BCUT2D eigenvalue weighted by Crippen LogP contribution is -2.36. The molecule has 31 heavy (non-hydrogen) atoms. The van der Waals surface area contributed by atoms with Gasteiger partial charge in [0.05, 0.1) is 16.8 Å². The van der Waals surface area contributed by atoms with Crippen LogP contribution in [0.2, 0.25) is 5.02 Å². The van der Waals surface area contributed by atoms with Gasteiger partial charge in [-0.2, -0.15) is 13.2 Å². The molecular formula is C21H20ClF3N2O4. The zero-order valence-electron chi connectivity index (χ0n) is 16.3. The van der Waals surface area contributed by atoms with Gasteiger partial charge in [0.1, 0.15) is 18.5 Å². The third-order valence-electron chi connectivity index (χ3n) is 4.69. The van der Waals surface area contributed by atoms with Crippen molar-refractivity contribution >= 4 is 29.1 Å². The number of amides is 2. The minimum absolute atomic E-state index is 0.0960. The second kappa shape index (κ2) is 9.57. The van der Waals surface area contributed by atoms with Gasteiger partial charge in [-0.25, -0.2) is 0 Å². The Morgan fingerprint density at radius 2 is 1.94 bits per heavy atom. The average molecular weight is 457 g/mol. The number of aliphatic hydroxyl groups excluding tert-OH is 1. The van der Waals surface area contributed by atoms with E-state index >= 15 is 0 Å². The predicted molar refractivity (Wildman–Crippen MR) is 108 cm³/mol. The molecule has 6 nitrogen and oxygen atoms in total. The summed E-state index contributed by atoms with van der Waals surface area (Å²) in [5.74, 6) is -0.438. The molecule has 3 rings (SSSR count). The topological polar surface area (TPSA) is 78.9 Å². The van der Waals surface area contributed by atoms with Crippen LogP contribution in [-0.2, 0) is 11.0 Å². The van der Waals surface area contributed by atoms with Gasteiger partial charge in [-0.15, -0.1) is 0 Å². The van der Waals surface area contributed by atoms with E-state index in [4.69, 9.17) is 16.3 Å². The highest BCUT2D eigenvalue weighted by atomic mass is 35.5. The molecule has 1 fully saturated rings. The molecular weight excluding hydrogens is 437 g/mol. The van der Waals surface area contributed by atoms with Gasteiger partial charge in [-0.1, -0.05) is 11.6 Å². The Morgan fingerprint density at radius 3 is 2.55 bits per heavy atom. The molecule has 0 aliphatic carbocycles. The van der Waals surface area contributed by atoms with Crippen molar-refractivity contribution in [2.24, 2.45) is 0 Å². The van der Waals surface area contributed by atoms with Crippen LogP contribution in [0, 0.1) is 0 Å². The lowest BCUT2D eigenvalue weighted by atomic mass is 10.1. The molecule has 1 aliphatic rings. The van der Waals surface area contributed by atoms with Crippen LogP contribution in [0.4, 0.5) is 18.9 Å². The molecule has 0 spiro atoms. The first-order valence-electron chi connectivity index (χ1n) is 9.51. The average Bonchev–Trinajstić information content (AvgIpc) is 3.15. The Kier molecular flexibility index (Phi) is 7.07. The molecule has 10 heteroatoms. The van der Waals surface area contributed by atoms with E-state index in [1.807, 2.05) is 0 Å². The van der Waals surface area contributed by atoms with E-state index in [0.29, 0.717) is 30.1 Å². The molecule has 1 atom stereocenters. The fourth-order valence-corrected chi connectivity index (χ4v) is 3.29. The largest absolute Gasteiger partial charge is 0.491 e. The molecule has 2 N–H and O–H groups in total. The SMILES string of the molecule is O=C(NCC(O)COc1ccc(C(F)(F)F)cc1)c1ccc(Cl)cc1N1CCCC1=O. The van der Waals surface area contributed by atoms with Crippen LogP contribution in [0.5, 0.6) is 5.75 Å². The summed E-state index contributed by atoms with van der Waals surface area (Å²) in [6, 6.07) is 8.65. The summed E-state index contributed by atoms with van der Waals surface area (Å²) in [5, 5.41) is 13.0. The first kappa shape index (κ1) is 22.9. The van der Waals surface area contributed by atoms with E-state index in [-0.39, 0.29) is 30.4 Å². The predicted octanol–water partition coefficient (Wildman–Crippen LogP) is 3.66. The second-order valence-corrected chi connectivity index (χ2v) is 7.44. The Morgan fingerprint density at radius 1 is 1.23 bits per heavy atom.